The molecule has 1 aromatic carbocycles. The largest absolute Gasteiger partial charge is 0.465 e. The number of carbonyl (C=O) groups is 2. The maximum absolute atomic E-state index is 11.3. The summed E-state index contributed by atoms with van der Waals surface area (Å²) in [6.07, 6.45) is 3.99. The number of non-ortho nitro benzene ring substituents is 1. The lowest BCUT2D eigenvalue weighted by Gasteiger charge is -2.01. The van der Waals surface area contributed by atoms with Gasteiger partial charge in [-0.05, 0) is 11.6 Å². The van der Waals surface area contributed by atoms with E-state index in [1.54, 1.807) is 6.08 Å². The summed E-state index contributed by atoms with van der Waals surface area (Å²) in [7, 11) is 1.20. The van der Waals surface area contributed by atoms with Gasteiger partial charge in [0.25, 0.3) is 5.69 Å². The van der Waals surface area contributed by atoms with Crippen LogP contribution in [-0.2, 0) is 9.53 Å². The molecule has 0 radical (unpaired) electrons. The summed E-state index contributed by atoms with van der Waals surface area (Å²) < 4.78 is 4.51. The molecule has 0 amide bonds. The van der Waals surface area contributed by atoms with Crippen LogP contribution < -0.4 is 0 Å². The fourth-order valence-corrected chi connectivity index (χ4v) is 1.33. The Bertz CT molecular complexity index is 507. The number of rotatable bonds is 5. The first-order valence-corrected chi connectivity index (χ1v) is 5.06. The fourth-order valence-electron chi connectivity index (χ4n) is 1.33. The quantitative estimate of drug-likeness (QED) is 0.344. The number of nitro groups is 1. The monoisotopic (exact) mass is 249 g/mol. The van der Waals surface area contributed by atoms with Gasteiger partial charge in [-0.2, -0.15) is 0 Å². The summed E-state index contributed by atoms with van der Waals surface area (Å²) in [4.78, 5) is 31.6. The van der Waals surface area contributed by atoms with Crippen LogP contribution in [0.5, 0.6) is 0 Å². The van der Waals surface area contributed by atoms with Gasteiger partial charge in [0.2, 0.25) is 0 Å². The van der Waals surface area contributed by atoms with Crippen molar-refractivity contribution in [2.75, 3.05) is 7.11 Å². The molecule has 0 aromatic heterocycles. The van der Waals surface area contributed by atoms with Crippen molar-refractivity contribution >= 4 is 24.0 Å². The second-order valence-corrected chi connectivity index (χ2v) is 3.37. The Labute approximate surface area is 103 Å². The van der Waals surface area contributed by atoms with E-state index in [2.05, 4.69) is 4.74 Å². The average molecular weight is 249 g/mol. The van der Waals surface area contributed by atoms with Gasteiger partial charge < -0.3 is 9.53 Å². The molecule has 1 aromatic rings. The van der Waals surface area contributed by atoms with Crippen molar-refractivity contribution in [3.05, 3.63) is 45.5 Å². The number of nitrogens with zero attached hydrogens (tertiary/aromatic N) is 1. The number of aldehydes is 1. The number of ether oxygens (including phenoxy) is 1. The summed E-state index contributed by atoms with van der Waals surface area (Å²) in [5.41, 5.74) is 0.354. The number of allylic oxidation sites excluding steroid dienone is 1. The van der Waals surface area contributed by atoms with Crippen molar-refractivity contribution in [1.82, 2.24) is 0 Å². The summed E-state index contributed by atoms with van der Waals surface area (Å²) >= 11 is 0. The van der Waals surface area contributed by atoms with E-state index in [1.165, 1.54) is 25.3 Å². The Hall–Kier alpha value is -2.50. The minimum absolute atomic E-state index is 0.0949. The Kier molecular flexibility index (Phi) is 4.74. The second-order valence-electron chi connectivity index (χ2n) is 3.37. The highest BCUT2D eigenvalue weighted by atomic mass is 16.6. The number of hydrogen-bond donors (Lipinski definition) is 0. The molecule has 0 fully saturated rings. The molecule has 0 aliphatic carbocycles. The number of carbonyl (C=O) groups excluding carboxylic acids is 2. The van der Waals surface area contributed by atoms with Crippen molar-refractivity contribution < 1.29 is 19.2 Å². The molecule has 6 heteroatoms. The van der Waals surface area contributed by atoms with Crippen LogP contribution in [0.1, 0.15) is 22.3 Å². The molecule has 0 N–H and O–H groups in total. The minimum Gasteiger partial charge on any atom is -0.465 e. The van der Waals surface area contributed by atoms with E-state index >= 15 is 0 Å². The third kappa shape index (κ3) is 3.51. The van der Waals surface area contributed by atoms with E-state index in [4.69, 9.17) is 0 Å². The molecule has 0 saturated heterocycles. The number of nitro benzene ring substituents is 1. The van der Waals surface area contributed by atoms with Crippen molar-refractivity contribution in [2.45, 2.75) is 6.42 Å². The zero-order chi connectivity index (χ0) is 13.5. The van der Waals surface area contributed by atoms with Crippen molar-refractivity contribution in [3.8, 4) is 0 Å². The van der Waals surface area contributed by atoms with E-state index in [0.717, 1.165) is 6.07 Å². The first kappa shape index (κ1) is 13.6. The van der Waals surface area contributed by atoms with E-state index in [0.29, 0.717) is 11.8 Å². The average Bonchev–Trinajstić information content (AvgIpc) is 2.37. The van der Waals surface area contributed by atoms with E-state index < -0.39 is 10.9 Å². The van der Waals surface area contributed by atoms with Crippen LogP contribution in [0, 0.1) is 10.1 Å². The third-order valence-corrected chi connectivity index (χ3v) is 2.11. The molecular formula is C12H11NO5. The SMILES string of the molecule is COC(=O)c1cc(C=CCC=O)cc([N+](=O)[O-])c1. The Morgan fingerprint density at radius 2 is 2.17 bits per heavy atom. The van der Waals surface area contributed by atoms with E-state index in [-0.39, 0.29) is 17.7 Å². The zero-order valence-electron chi connectivity index (χ0n) is 9.66. The first-order valence-electron chi connectivity index (χ1n) is 5.06. The van der Waals surface area contributed by atoms with Crippen molar-refractivity contribution in [2.24, 2.45) is 0 Å². The van der Waals surface area contributed by atoms with Gasteiger partial charge in [-0.3, -0.25) is 10.1 Å². The number of esters is 1. The Morgan fingerprint density at radius 3 is 2.72 bits per heavy atom. The van der Waals surface area contributed by atoms with Crippen LogP contribution in [0.4, 0.5) is 5.69 Å². The van der Waals surface area contributed by atoms with Crippen molar-refractivity contribution in [1.29, 1.82) is 0 Å². The van der Waals surface area contributed by atoms with Crippen LogP contribution in [0.2, 0.25) is 0 Å². The highest BCUT2D eigenvalue weighted by Gasteiger charge is 2.13. The minimum atomic E-state index is -0.649. The summed E-state index contributed by atoms with van der Waals surface area (Å²) in [6, 6.07) is 3.91. The van der Waals surface area contributed by atoms with Gasteiger partial charge in [0.15, 0.2) is 0 Å². The number of methoxy groups -OCH3 is 1. The van der Waals surface area contributed by atoms with Gasteiger partial charge in [-0.1, -0.05) is 12.2 Å². The van der Waals surface area contributed by atoms with Crippen LogP contribution in [0.3, 0.4) is 0 Å². The highest BCUT2D eigenvalue weighted by molar-refractivity contribution is 5.91. The molecule has 0 unspecified atom stereocenters. The third-order valence-electron chi connectivity index (χ3n) is 2.11. The topological polar surface area (TPSA) is 86.5 Å². The molecule has 94 valence electrons. The van der Waals surface area contributed by atoms with Gasteiger partial charge in [0, 0.05) is 18.6 Å². The second kappa shape index (κ2) is 6.29. The normalized spacial score (nSPS) is 10.3. The van der Waals surface area contributed by atoms with Crippen LogP contribution in [-0.4, -0.2) is 24.3 Å². The van der Waals surface area contributed by atoms with E-state index in [9.17, 15) is 19.7 Å². The molecule has 6 nitrogen and oxygen atoms in total. The Balaban J connectivity index is 3.17. The summed E-state index contributed by atoms with van der Waals surface area (Å²) in [5, 5.41) is 10.7. The van der Waals surface area contributed by atoms with Crippen LogP contribution in [0.25, 0.3) is 6.08 Å². The summed E-state index contributed by atoms with van der Waals surface area (Å²) in [6.45, 7) is 0. The fraction of sp³-hybridized carbons (Fsp3) is 0.167. The maximum Gasteiger partial charge on any atom is 0.338 e. The van der Waals surface area contributed by atoms with Gasteiger partial charge in [-0.15, -0.1) is 0 Å². The lowest BCUT2D eigenvalue weighted by atomic mass is 10.1. The van der Waals surface area contributed by atoms with Crippen LogP contribution >= 0.6 is 0 Å². The smallest absolute Gasteiger partial charge is 0.338 e. The number of benzene rings is 1. The number of hydrogen-bond acceptors (Lipinski definition) is 5. The predicted molar refractivity (Wildman–Crippen MR) is 64.2 cm³/mol. The first-order chi connectivity index (χ1) is 8.58. The molecule has 0 heterocycles. The molecule has 0 aliphatic heterocycles. The molecule has 0 aliphatic rings. The standard InChI is InChI=1S/C12H11NO5/c1-18-12(15)10-6-9(4-2-3-5-14)7-11(8-10)13(16)17/h2,4-8H,3H2,1H3. The molecule has 0 spiro atoms. The maximum atomic E-state index is 11.3. The molecule has 0 saturated carbocycles. The van der Waals surface area contributed by atoms with Gasteiger partial charge in [0.1, 0.15) is 6.29 Å². The van der Waals surface area contributed by atoms with Crippen LogP contribution in [0.15, 0.2) is 24.3 Å². The molecular weight excluding hydrogens is 238 g/mol. The highest BCUT2D eigenvalue weighted by Crippen LogP contribution is 2.19. The lowest BCUT2D eigenvalue weighted by molar-refractivity contribution is -0.384. The summed E-state index contributed by atoms with van der Waals surface area (Å²) in [5.74, 6) is -0.649. The zero-order valence-corrected chi connectivity index (χ0v) is 9.66. The Morgan fingerprint density at radius 1 is 1.44 bits per heavy atom. The van der Waals surface area contributed by atoms with E-state index in [1.807, 2.05) is 0 Å². The van der Waals surface area contributed by atoms with Gasteiger partial charge >= 0.3 is 5.97 Å². The molecule has 0 atom stereocenters. The lowest BCUT2D eigenvalue weighted by Crippen LogP contribution is -2.02. The molecule has 0 bridgehead atoms. The van der Waals surface area contributed by atoms with Gasteiger partial charge in [-0.25, -0.2) is 4.79 Å². The molecule has 1 rings (SSSR count). The van der Waals surface area contributed by atoms with Gasteiger partial charge in [0.05, 0.1) is 17.6 Å². The molecule has 18 heavy (non-hydrogen) atoms. The van der Waals surface area contributed by atoms with Crippen molar-refractivity contribution in [3.63, 3.8) is 0 Å². The predicted octanol–water partition coefficient (Wildman–Crippen LogP) is 1.98.